The molecular formula is C18H26N2O5S. The Morgan fingerprint density at radius 2 is 1.81 bits per heavy atom. The number of likely N-dealkylation sites (N-methyl/N-ethyl adjacent to an activating group) is 1. The number of ether oxygens (including phenoxy) is 1. The minimum Gasteiger partial charge on any atom is -0.466 e. The summed E-state index contributed by atoms with van der Waals surface area (Å²) in [5.74, 6) is -0.708. The van der Waals surface area contributed by atoms with Crippen LogP contribution in [0.2, 0.25) is 0 Å². The van der Waals surface area contributed by atoms with Crippen LogP contribution in [0.5, 0.6) is 0 Å². The molecule has 26 heavy (non-hydrogen) atoms. The average Bonchev–Trinajstić information content (AvgIpc) is 2.62. The molecule has 1 heterocycles. The highest BCUT2D eigenvalue weighted by Crippen LogP contribution is 2.27. The zero-order chi connectivity index (χ0) is 19.3. The molecule has 0 saturated carbocycles. The third kappa shape index (κ3) is 4.82. The Morgan fingerprint density at radius 3 is 2.31 bits per heavy atom. The number of hydrogen-bond acceptors (Lipinski definition) is 5. The summed E-state index contributed by atoms with van der Waals surface area (Å²) in [5, 5.41) is 0. The quantitative estimate of drug-likeness (QED) is 0.695. The first-order valence-electron chi connectivity index (χ1n) is 8.69. The summed E-state index contributed by atoms with van der Waals surface area (Å²) in [6, 6.07) is 7.95. The fourth-order valence-electron chi connectivity index (χ4n) is 3.10. The van der Waals surface area contributed by atoms with Crippen LogP contribution in [-0.4, -0.2) is 62.5 Å². The second-order valence-corrected chi connectivity index (χ2v) is 8.49. The molecule has 0 aliphatic carbocycles. The van der Waals surface area contributed by atoms with Crippen LogP contribution in [0.15, 0.2) is 30.3 Å². The molecule has 1 aromatic rings. The fraction of sp³-hybridized carbons (Fsp3) is 0.556. The van der Waals surface area contributed by atoms with Crippen LogP contribution in [0.1, 0.15) is 31.4 Å². The average molecular weight is 382 g/mol. The van der Waals surface area contributed by atoms with Gasteiger partial charge in [0, 0.05) is 20.1 Å². The molecule has 1 aromatic carbocycles. The predicted molar refractivity (Wildman–Crippen MR) is 97.7 cm³/mol. The lowest BCUT2D eigenvalue weighted by Crippen LogP contribution is -2.47. The van der Waals surface area contributed by atoms with Crippen molar-refractivity contribution in [2.45, 2.75) is 25.8 Å². The maximum atomic E-state index is 13.1. The van der Waals surface area contributed by atoms with E-state index in [0.29, 0.717) is 38.1 Å². The molecule has 144 valence electrons. The zero-order valence-electron chi connectivity index (χ0n) is 15.4. The molecule has 0 aromatic heterocycles. The van der Waals surface area contributed by atoms with Crippen molar-refractivity contribution in [1.29, 1.82) is 0 Å². The van der Waals surface area contributed by atoms with Crippen molar-refractivity contribution < 1.29 is 22.7 Å². The van der Waals surface area contributed by atoms with Gasteiger partial charge in [0.25, 0.3) is 0 Å². The van der Waals surface area contributed by atoms with Gasteiger partial charge in [-0.3, -0.25) is 9.59 Å². The van der Waals surface area contributed by atoms with Crippen molar-refractivity contribution in [1.82, 2.24) is 9.21 Å². The Labute approximate surface area is 155 Å². The second kappa shape index (κ2) is 8.64. The van der Waals surface area contributed by atoms with Crippen LogP contribution in [0, 0.1) is 5.92 Å². The third-order valence-electron chi connectivity index (χ3n) is 4.66. The van der Waals surface area contributed by atoms with Crippen LogP contribution in [-0.2, 0) is 24.3 Å². The molecule has 2 rings (SSSR count). The standard InChI is InChI=1S/C18H26N2O5S/c1-4-25-18(22)15-10-12-20(13-11-15)17(21)16(19(2)26(3,23)24)14-8-6-5-7-9-14/h5-9,15-16H,4,10-13H2,1-3H3/t16-/m1/s1. The van der Waals surface area contributed by atoms with Gasteiger partial charge < -0.3 is 9.64 Å². The van der Waals surface area contributed by atoms with Gasteiger partial charge in [-0.1, -0.05) is 30.3 Å². The number of carbonyl (C=O) groups excluding carboxylic acids is 2. The monoisotopic (exact) mass is 382 g/mol. The van der Waals surface area contributed by atoms with Gasteiger partial charge >= 0.3 is 5.97 Å². The number of esters is 1. The SMILES string of the molecule is CCOC(=O)C1CCN(C(=O)[C@@H](c2ccccc2)N(C)S(C)(=O)=O)CC1. The van der Waals surface area contributed by atoms with E-state index in [1.807, 2.05) is 6.07 Å². The Balaban J connectivity index is 2.17. The Kier molecular flexibility index (Phi) is 6.77. The summed E-state index contributed by atoms with van der Waals surface area (Å²) in [6.45, 7) is 2.92. The van der Waals surface area contributed by atoms with Crippen LogP contribution < -0.4 is 0 Å². The molecule has 0 bridgehead atoms. The van der Waals surface area contributed by atoms with Crippen LogP contribution in [0.25, 0.3) is 0 Å². The summed E-state index contributed by atoms with van der Waals surface area (Å²) < 4.78 is 30.2. The molecule has 1 saturated heterocycles. The topological polar surface area (TPSA) is 84.0 Å². The van der Waals surface area contributed by atoms with Crippen molar-refractivity contribution >= 4 is 21.9 Å². The molecule has 0 unspecified atom stereocenters. The molecule has 1 aliphatic heterocycles. The predicted octanol–water partition coefficient (Wildman–Crippen LogP) is 1.42. The Hall–Kier alpha value is -1.93. The van der Waals surface area contributed by atoms with E-state index >= 15 is 0 Å². The van der Waals surface area contributed by atoms with Crippen molar-refractivity contribution in [3.05, 3.63) is 35.9 Å². The van der Waals surface area contributed by atoms with Gasteiger partial charge in [0.2, 0.25) is 15.9 Å². The van der Waals surface area contributed by atoms with Gasteiger partial charge in [0.05, 0.1) is 18.8 Å². The molecule has 1 amide bonds. The fourth-order valence-corrected chi connectivity index (χ4v) is 3.70. The number of amides is 1. The molecule has 0 N–H and O–H groups in total. The van der Waals surface area contributed by atoms with Crippen LogP contribution in [0.4, 0.5) is 0 Å². The minimum absolute atomic E-state index is 0.207. The van der Waals surface area contributed by atoms with E-state index in [9.17, 15) is 18.0 Å². The number of benzene rings is 1. The Morgan fingerprint density at radius 1 is 1.23 bits per heavy atom. The number of rotatable bonds is 6. The number of sulfonamides is 1. The Bertz CT molecular complexity index is 727. The second-order valence-electron chi connectivity index (χ2n) is 6.44. The molecule has 1 atom stereocenters. The first-order valence-corrected chi connectivity index (χ1v) is 10.5. The van der Waals surface area contributed by atoms with Gasteiger partial charge in [-0.05, 0) is 25.3 Å². The largest absolute Gasteiger partial charge is 0.466 e. The van der Waals surface area contributed by atoms with Crippen molar-refractivity contribution in [2.75, 3.05) is 33.0 Å². The first kappa shape index (κ1) is 20.4. The normalized spacial score (nSPS) is 17.2. The maximum Gasteiger partial charge on any atom is 0.309 e. The smallest absolute Gasteiger partial charge is 0.309 e. The first-order chi connectivity index (χ1) is 12.3. The van der Waals surface area contributed by atoms with E-state index in [-0.39, 0.29) is 17.8 Å². The molecule has 7 nitrogen and oxygen atoms in total. The summed E-state index contributed by atoms with van der Waals surface area (Å²) in [5.41, 5.74) is 0.623. The zero-order valence-corrected chi connectivity index (χ0v) is 16.2. The highest BCUT2D eigenvalue weighted by Gasteiger charge is 2.36. The lowest BCUT2D eigenvalue weighted by atomic mass is 9.95. The van der Waals surface area contributed by atoms with Crippen molar-refractivity contribution in [3.63, 3.8) is 0 Å². The number of likely N-dealkylation sites (tertiary alicyclic amines) is 1. The number of carbonyl (C=O) groups is 2. The van der Waals surface area contributed by atoms with Gasteiger partial charge in [-0.15, -0.1) is 0 Å². The van der Waals surface area contributed by atoms with Gasteiger partial charge in [-0.25, -0.2) is 8.42 Å². The third-order valence-corrected chi connectivity index (χ3v) is 5.92. The van der Waals surface area contributed by atoms with Gasteiger partial charge in [-0.2, -0.15) is 4.31 Å². The van der Waals surface area contributed by atoms with Crippen LogP contribution in [0.3, 0.4) is 0 Å². The minimum atomic E-state index is -3.55. The summed E-state index contributed by atoms with van der Waals surface area (Å²) >= 11 is 0. The number of hydrogen-bond donors (Lipinski definition) is 0. The van der Waals surface area contributed by atoms with E-state index in [1.54, 1.807) is 36.1 Å². The van der Waals surface area contributed by atoms with Gasteiger partial charge in [0.1, 0.15) is 6.04 Å². The molecule has 8 heteroatoms. The molecule has 0 spiro atoms. The summed E-state index contributed by atoms with van der Waals surface area (Å²) in [4.78, 5) is 26.6. The summed E-state index contributed by atoms with van der Waals surface area (Å²) in [7, 11) is -2.14. The highest BCUT2D eigenvalue weighted by atomic mass is 32.2. The van der Waals surface area contributed by atoms with Crippen molar-refractivity contribution in [3.8, 4) is 0 Å². The van der Waals surface area contributed by atoms with E-state index in [2.05, 4.69) is 0 Å². The number of nitrogens with zero attached hydrogens (tertiary/aromatic N) is 2. The van der Waals surface area contributed by atoms with Crippen LogP contribution >= 0.6 is 0 Å². The van der Waals surface area contributed by atoms with E-state index in [4.69, 9.17) is 4.74 Å². The molecule has 1 aliphatic rings. The van der Waals surface area contributed by atoms with E-state index in [0.717, 1.165) is 10.6 Å². The molecular weight excluding hydrogens is 356 g/mol. The molecule has 1 fully saturated rings. The van der Waals surface area contributed by atoms with E-state index < -0.39 is 16.1 Å². The van der Waals surface area contributed by atoms with Gasteiger partial charge in [0.15, 0.2) is 0 Å². The maximum absolute atomic E-state index is 13.1. The highest BCUT2D eigenvalue weighted by molar-refractivity contribution is 7.88. The molecule has 0 radical (unpaired) electrons. The summed E-state index contributed by atoms with van der Waals surface area (Å²) in [6.07, 6.45) is 2.13. The lowest BCUT2D eigenvalue weighted by molar-refractivity contribution is -0.151. The van der Waals surface area contributed by atoms with E-state index in [1.165, 1.54) is 7.05 Å². The number of piperidine rings is 1. The lowest BCUT2D eigenvalue weighted by Gasteiger charge is -2.35. The van der Waals surface area contributed by atoms with Crippen molar-refractivity contribution in [2.24, 2.45) is 5.92 Å².